The zero-order chi connectivity index (χ0) is 21.2. The third kappa shape index (κ3) is 4.96. The van der Waals surface area contributed by atoms with E-state index >= 15 is 0 Å². The Labute approximate surface area is 175 Å². The van der Waals surface area contributed by atoms with Crippen molar-refractivity contribution in [1.82, 2.24) is 9.80 Å². The Morgan fingerprint density at radius 3 is 2.69 bits per heavy atom. The second-order valence-electron chi connectivity index (χ2n) is 7.67. The van der Waals surface area contributed by atoms with E-state index in [1.165, 1.54) is 24.5 Å². The molecule has 1 aliphatic rings. The van der Waals surface area contributed by atoms with Crippen LogP contribution >= 0.6 is 11.3 Å². The maximum atomic E-state index is 14.5. The number of carbonyl (C=O) groups excluding carboxylic acids is 1. The van der Waals surface area contributed by atoms with Gasteiger partial charge in [-0.15, -0.1) is 11.3 Å². The molecule has 1 amide bonds. The summed E-state index contributed by atoms with van der Waals surface area (Å²) in [5.41, 5.74) is 0.536. The highest BCUT2D eigenvalue weighted by molar-refractivity contribution is 7.91. The molecule has 160 valence electrons. The molecule has 1 atom stereocenters. The number of ether oxygens (including phenoxy) is 1. The molecule has 1 fully saturated rings. The van der Waals surface area contributed by atoms with Gasteiger partial charge >= 0.3 is 0 Å². The molecule has 1 aromatic carbocycles. The molecule has 3 rings (SSSR count). The Kier molecular flexibility index (Phi) is 6.93. The highest BCUT2D eigenvalue weighted by Gasteiger charge is 2.36. The van der Waals surface area contributed by atoms with E-state index in [2.05, 4.69) is 0 Å². The van der Waals surface area contributed by atoms with Gasteiger partial charge in [-0.25, -0.2) is 12.8 Å². The summed E-state index contributed by atoms with van der Waals surface area (Å²) in [5, 5.41) is 0.412. The molecular formula is C20H27FN2O4S2. The molecule has 2 aromatic rings. The Balaban J connectivity index is 1.98. The van der Waals surface area contributed by atoms with Crippen LogP contribution in [-0.4, -0.2) is 76.0 Å². The van der Waals surface area contributed by atoms with Gasteiger partial charge < -0.3 is 14.5 Å². The summed E-state index contributed by atoms with van der Waals surface area (Å²) in [6.07, 6.45) is 1.17. The van der Waals surface area contributed by atoms with Crippen molar-refractivity contribution < 1.29 is 22.3 Å². The van der Waals surface area contributed by atoms with Gasteiger partial charge in [-0.3, -0.25) is 4.79 Å². The quantitative estimate of drug-likeness (QED) is 0.629. The SMILES string of the molecule is COCc1c(C(=O)N(CCCN(C)C)C2CCS(=O)(=O)C2)sc2cccc(F)c12. The van der Waals surface area contributed by atoms with Crippen LogP contribution in [0.4, 0.5) is 4.39 Å². The second-order valence-corrected chi connectivity index (χ2v) is 10.9. The minimum absolute atomic E-state index is 0.0143. The normalized spacial score (nSPS) is 18.6. The number of nitrogens with zero attached hydrogens (tertiary/aromatic N) is 2. The lowest BCUT2D eigenvalue weighted by Gasteiger charge is -2.29. The number of sulfone groups is 1. The molecule has 1 unspecified atom stereocenters. The Hall–Kier alpha value is -1.55. The Morgan fingerprint density at radius 2 is 2.07 bits per heavy atom. The standard InChI is InChI=1S/C20H27FN2O4S2/c1-22(2)9-5-10-23(14-8-11-29(25,26)13-14)20(24)19-15(12-27-3)18-16(21)6-4-7-17(18)28-19/h4,6-7,14H,5,8-13H2,1-3H3. The van der Waals surface area contributed by atoms with Crippen molar-refractivity contribution >= 4 is 37.2 Å². The zero-order valence-electron chi connectivity index (χ0n) is 17.0. The van der Waals surface area contributed by atoms with Gasteiger partial charge in [0.1, 0.15) is 5.82 Å². The number of halogens is 1. The van der Waals surface area contributed by atoms with Crippen LogP contribution in [0.25, 0.3) is 10.1 Å². The summed E-state index contributed by atoms with van der Waals surface area (Å²) in [6.45, 7) is 1.37. The largest absolute Gasteiger partial charge is 0.380 e. The van der Waals surface area contributed by atoms with E-state index in [9.17, 15) is 17.6 Å². The monoisotopic (exact) mass is 442 g/mol. The topological polar surface area (TPSA) is 66.9 Å². The van der Waals surface area contributed by atoms with E-state index in [1.54, 1.807) is 17.0 Å². The fraction of sp³-hybridized carbons (Fsp3) is 0.550. The number of methoxy groups -OCH3 is 1. The number of rotatable bonds is 8. The third-order valence-corrected chi connectivity index (χ3v) is 8.10. The average Bonchev–Trinajstić information content (AvgIpc) is 3.19. The van der Waals surface area contributed by atoms with Crippen LogP contribution < -0.4 is 0 Å². The number of amides is 1. The molecule has 0 N–H and O–H groups in total. The highest BCUT2D eigenvalue weighted by atomic mass is 32.2. The summed E-state index contributed by atoms with van der Waals surface area (Å²) >= 11 is 1.24. The van der Waals surface area contributed by atoms with E-state index in [1.807, 2.05) is 19.0 Å². The van der Waals surface area contributed by atoms with Crippen molar-refractivity contribution in [2.24, 2.45) is 0 Å². The van der Waals surface area contributed by atoms with E-state index in [-0.39, 0.29) is 35.9 Å². The zero-order valence-corrected chi connectivity index (χ0v) is 18.6. The van der Waals surface area contributed by atoms with Crippen LogP contribution in [0, 0.1) is 5.82 Å². The van der Waals surface area contributed by atoms with Crippen molar-refractivity contribution in [1.29, 1.82) is 0 Å². The van der Waals surface area contributed by atoms with Gasteiger partial charge in [-0.1, -0.05) is 6.07 Å². The Morgan fingerprint density at radius 1 is 1.31 bits per heavy atom. The molecule has 1 aromatic heterocycles. The fourth-order valence-corrected chi connectivity index (χ4v) is 6.69. The number of carbonyl (C=O) groups is 1. The van der Waals surface area contributed by atoms with Crippen LogP contribution in [0.5, 0.6) is 0 Å². The number of hydrogen-bond donors (Lipinski definition) is 0. The third-order valence-electron chi connectivity index (χ3n) is 5.16. The molecule has 0 bridgehead atoms. The first kappa shape index (κ1) is 22.1. The molecule has 0 radical (unpaired) electrons. The number of benzene rings is 1. The lowest BCUT2D eigenvalue weighted by atomic mass is 10.1. The lowest BCUT2D eigenvalue weighted by molar-refractivity contribution is 0.0691. The summed E-state index contributed by atoms with van der Waals surface area (Å²) in [7, 11) is 2.29. The first-order valence-corrected chi connectivity index (χ1v) is 12.2. The summed E-state index contributed by atoms with van der Waals surface area (Å²) in [5.74, 6) is -0.535. The van der Waals surface area contributed by atoms with Crippen molar-refractivity contribution in [2.75, 3.05) is 45.8 Å². The first-order chi connectivity index (χ1) is 13.7. The molecule has 0 aliphatic carbocycles. The van der Waals surface area contributed by atoms with Gasteiger partial charge in [-0.05, 0) is 45.6 Å². The van der Waals surface area contributed by atoms with Gasteiger partial charge in [0.2, 0.25) is 0 Å². The molecule has 1 saturated heterocycles. The molecule has 9 heteroatoms. The smallest absolute Gasteiger partial charge is 0.264 e. The minimum Gasteiger partial charge on any atom is -0.380 e. The predicted octanol–water partition coefficient (Wildman–Crippen LogP) is 2.77. The maximum absolute atomic E-state index is 14.5. The van der Waals surface area contributed by atoms with Crippen molar-refractivity contribution in [3.8, 4) is 0 Å². The molecular weight excluding hydrogens is 415 g/mol. The van der Waals surface area contributed by atoms with Gasteiger partial charge in [0, 0.05) is 35.3 Å². The molecule has 6 nitrogen and oxygen atoms in total. The van der Waals surface area contributed by atoms with E-state index in [4.69, 9.17) is 4.74 Å². The van der Waals surface area contributed by atoms with Crippen LogP contribution in [0.2, 0.25) is 0 Å². The molecule has 2 heterocycles. The number of fused-ring (bicyclic) bond motifs is 1. The Bertz CT molecular complexity index is 988. The second kappa shape index (κ2) is 9.07. The fourth-order valence-electron chi connectivity index (χ4n) is 3.78. The summed E-state index contributed by atoms with van der Waals surface area (Å²) < 4.78 is 44.5. The van der Waals surface area contributed by atoms with Gasteiger partial charge in [0.05, 0.1) is 23.0 Å². The number of thiophene rings is 1. The van der Waals surface area contributed by atoms with Crippen LogP contribution in [0.3, 0.4) is 0 Å². The molecule has 1 aliphatic heterocycles. The maximum Gasteiger partial charge on any atom is 0.264 e. The summed E-state index contributed by atoms with van der Waals surface area (Å²) in [6, 6.07) is 4.44. The van der Waals surface area contributed by atoms with Crippen LogP contribution in [0.15, 0.2) is 18.2 Å². The first-order valence-electron chi connectivity index (χ1n) is 9.58. The minimum atomic E-state index is -3.13. The van der Waals surface area contributed by atoms with Gasteiger partial charge in [0.15, 0.2) is 9.84 Å². The van der Waals surface area contributed by atoms with Crippen LogP contribution in [-0.2, 0) is 21.2 Å². The van der Waals surface area contributed by atoms with Crippen molar-refractivity contribution in [2.45, 2.75) is 25.5 Å². The van der Waals surface area contributed by atoms with Gasteiger partial charge in [0.25, 0.3) is 5.91 Å². The summed E-state index contributed by atoms with van der Waals surface area (Å²) in [4.78, 5) is 17.7. The van der Waals surface area contributed by atoms with E-state index < -0.39 is 9.84 Å². The van der Waals surface area contributed by atoms with Crippen molar-refractivity contribution in [3.05, 3.63) is 34.5 Å². The van der Waals surface area contributed by atoms with Crippen molar-refractivity contribution in [3.63, 3.8) is 0 Å². The van der Waals surface area contributed by atoms with E-state index in [0.717, 1.165) is 13.0 Å². The van der Waals surface area contributed by atoms with Gasteiger partial charge in [-0.2, -0.15) is 0 Å². The lowest BCUT2D eigenvalue weighted by Crippen LogP contribution is -2.42. The molecule has 0 saturated carbocycles. The average molecular weight is 443 g/mol. The van der Waals surface area contributed by atoms with E-state index in [0.29, 0.717) is 33.5 Å². The highest BCUT2D eigenvalue weighted by Crippen LogP contribution is 2.35. The molecule has 0 spiro atoms. The van der Waals surface area contributed by atoms with Crippen LogP contribution in [0.1, 0.15) is 28.1 Å². The molecule has 29 heavy (non-hydrogen) atoms. The number of hydrogen-bond acceptors (Lipinski definition) is 6. The predicted molar refractivity (Wildman–Crippen MR) is 114 cm³/mol.